The standard InChI is InChI=1S/C9H20N6O5S/c1-3-19-21(16)20-8-9(2,17-6-4-12-14-10)18-7-5-13-15-11/h10-11H,3-8H2,1-2H3/q+2. The van der Waals surface area contributed by atoms with Crippen LogP contribution in [0, 0.1) is 11.1 Å². The van der Waals surface area contributed by atoms with Gasteiger partial charge in [-0.2, -0.15) is 4.21 Å². The average Bonchev–Trinajstić information content (AvgIpc) is 2.47. The molecule has 0 spiro atoms. The third kappa shape index (κ3) is 11.0. The Bertz CT molecular complexity index is 385. The highest BCUT2D eigenvalue weighted by molar-refractivity contribution is 7.75. The van der Waals surface area contributed by atoms with Crippen LogP contribution in [0.2, 0.25) is 0 Å². The molecule has 1 atom stereocenters. The fraction of sp³-hybridized carbons (Fsp3) is 1.00. The van der Waals surface area contributed by atoms with Crippen molar-refractivity contribution in [2.75, 3.05) is 39.5 Å². The van der Waals surface area contributed by atoms with Gasteiger partial charge < -0.3 is 9.47 Å². The van der Waals surface area contributed by atoms with Crippen LogP contribution in [0.5, 0.6) is 0 Å². The molecule has 120 valence electrons. The van der Waals surface area contributed by atoms with E-state index in [0.29, 0.717) is 0 Å². The molecule has 0 aliphatic rings. The molecule has 0 aromatic heterocycles. The molecule has 21 heavy (non-hydrogen) atoms. The Balaban J connectivity index is 4.37. The van der Waals surface area contributed by atoms with Crippen LogP contribution < -0.4 is 9.82 Å². The number of nitrogens with zero attached hydrogens (tertiary/aromatic N) is 4. The Labute approximate surface area is 124 Å². The molecule has 0 amide bonds. The molecule has 0 bridgehead atoms. The first-order chi connectivity index (χ1) is 10.1. The van der Waals surface area contributed by atoms with Crippen molar-refractivity contribution in [2.24, 2.45) is 10.2 Å². The minimum Gasteiger partial charge on any atom is -0.346 e. The molecule has 0 rings (SSSR count). The Morgan fingerprint density at radius 3 is 2.05 bits per heavy atom. The lowest BCUT2D eigenvalue weighted by Gasteiger charge is -2.28. The molecule has 0 aromatic rings. The molecule has 0 heterocycles. The summed E-state index contributed by atoms with van der Waals surface area (Å²) in [5.74, 6) is -1.19. The molecule has 0 aromatic carbocycles. The summed E-state index contributed by atoms with van der Waals surface area (Å²) in [6.45, 7) is 4.03. The van der Waals surface area contributed by atoms with Gasteiger partial charge in [-0.25, -0.2) is 0 Å². The van der Waals surface area contributed by atoms with Crippen LogP contribution in [0.1, 0.15) is 13.8 Å². The molecule has 0 fully saturated rings. The largest absolute Gasteiger partial charge is 0.346 e. The highest BCUT2D eigenvalue weighted by atomic mass is 32.2. The Morgan fingerprint density at radius 2 is 1.62 bits per heavy atom. The summed E-state index contributed by atoms with van der Waals surface area (Å²) in [6.07, 6.45) is 0. The second-order valence-electron chi connectivity index (χ2n) is 3.63. The van der Waals surface area contributed by atoms with Crippen LogP contribution in [0.3, 0.4) is 0 Å². The summed E-state index contributed by atoms with van der Waals surface area (Å²) in [4.78, 5) is 5.69. The number of hydrogen-bond donors (Lipinski definition) is 2. The molecule has 11 nitrogen and oxygen atoms in total. The molecule has 0 radical (unpaired) electrons. The molecule has 2 N–H and O–H groups in total. The Morgan fingerprint density at radius 1 is 1.10 bits per heavy atom. The number of nitrogens with one attached hydrogen (secondary N) is 2. The van der Waals surface area contributed by atoms with E-state index in [-0.39, 0.29) is 39.5 Å². The first kappa shape index (κ1) is 19.6. The monoisotopic (exact) mass is 324 g/mol. The van der Waals surface area contributed by atoms with Crippen molar-refractivity contribution >= 4 is 11.4 Å². The number of rotatable bonds is 13. The van der Waals surface area contributed by atoms with Gasteiger partial charge in [-0.1, -0.05) is 0 Å². The van der Waals surface area contributed by atoms with E-state index in [2.05, 4.69) is 20.1 Å². The fourth-order valence-corrected chi connectivity index (χ4v) is 1.69. The summed E-state index contributed by atoms with van der Waals surface area (Å²) in [7, 11) is 0. The van der Waals surface area contributed by atoms with Crippen LogP contribution in [0.15, 0.2) is 10.2 Å². The molecule has 1 unspecified atom stereocenters. The summed E-state index contributed by atoms with van der Waals surface area (Å²) >= 11 is -1.89. The van der Waals surface area contributed by atoms with Crippen LogP contribution in [0.4, 0.5) is 0 Å². The number of ether oxygens (including phenoxy) is 2. The van der Waals surface area contributed by atoms with Crippen molar-refractivity contribution in [1.82, 2.24) is 9.82 Å². The summed E-state index contributed by atoms with van der Waals surface area (Å²) in [5, 5.41) is 6.87. The normalized spacial score (nSPS) is 14.6. The minimum absolute atomic E-state index is 0.142. The fourth-order valence-electron chi connectivity index (χ4n) is 1.12. The highest BCUT2D eigenvalue weighted by Gasteiger charge is 2.28. The maximum absolute atomic E-state index is 11.3. The first-order valence-corrected chi connectivity index (χ1v) is 7.10. The summed E-state index contributed by atoms with van der Waals surface area (Å²) in [5.41, 5.74) is 13.1. The van der Waals surface area contributed by atoms with Crippen molar-refractivity contribution in [1.29, 1.82) is 11.1 Å². The number of hydrogen-bond acceptors (Lipinski definition) is 9. The lowest BCUT2D eigenvalue weighted by atomic mass is 10.3. The predicted molar refractivity (Wildman–Crippen MR) is 70.3 cm³/mol. The Kier molecular flexibility index (Phi) is 11.5. The molecular formula is C9H20N6O5S+2. The molecule has 0 aliphatic carbocycles. The van der Waals surface area contributed by atoms with Crippen molar-refractivity contribution < 1.29 is 22.0 Å². The van der Waals surface area contributed by atoms with Crippen LogP contribution in [-0.4, -0.2) is 49.5 Å². The maximum Gasteiger partial charge on any atom is 0.304 e. The van der Waals surface area contributed by atoms with E-state index in [4.69, 9.17) is 28.9 Å². The van der Waals surface area contributed by atoms with Crippen LogP contribution in [-0.2, 0) is 29.2 Å². The zero-order valence-electron chi connectivity index (χ0n) is 12.0. The minimum atomic E-state index is -1.89. The van der Waals surface area contributed by atoms with E-state index < -0.39 is 17.1 Å². The van der Waals surface area contributed by atoms with Gasteiger partial charge in [0.2, 0.25) is 9.82 Å². The quantitative estimate of drug-likeness (QED) is 0.218. The van der Waals surface area contributed by atoms with Gasteiger partial charge in [-0.3, -0.25) is 8.37 Å². The summed E-state index contributed by atoms with van der Waals surface area (Å²) in [6, 6.07) is 0. The first-order valence-electron chi connectivity index (χ1n) is 6.10. The van der Waals surface area contributed by atoms with E-state index in [9.17, 15) is 4.21 Å². The van der Waals surface area contributed by atoms with E-state index in [1.807, 2.05) is 0 Å². The smallest absolute Gasteiger partial charge is 0.304 e. The van der Waals surface area contributed by atoms with Crippen molar-refractivity contribution in [3.05, 3.63) is 0 Å². The van der Waals surface area contributed by atoms with Gasteiger partial charge in [0.15, 0.2) is 5.79 Å². The predicted octanol–water partition coefficient (Wildman–Crippen LogP) is 0.468. The van der Waals surface area contributed by atoms with Gasteiger partial charge in [-0.15, -0.1) is 0 Å². The third-order valence-corrected chi connectivity index (χ3v) is 2.71. The molecule has 12 heteroatoms. The summed E-state index contributed by atoms with van der Waals surface area (Å²) < 4.78 is 31.9. The van der Waals surface area contributed by atoms with Gasteiger partial charge in [-0.05, 0) is 13.8 Å². The van der Waals surface area contributed by atoms with Crippen molar-refractivity contribution in [3.63, 3.8) is 0 Å². The second-order valence-corrected chi connectivity index (χ2v) is 4.51. The van der Waals surface area contributed by atoms with E-state index in [1.165, 1.54) is 0 Å². The van der Waals surface area contributed by atoms with Crippen LogP contribution in [0.25, 0.3) is 0 Å². The second kappa shape index (κ2) is 12.4. The van der Waals surface area contributed by atoms with E-state index in [1.54, 1.807) is 13.8 Å². The SMILES string of the molecule is CCOS(=O)OCC(C)(OCCN=[N+]=N)OCCN=[N+]=N. The zero-order chi connectivity index (χ0) is 16.0. The zero-order valence-corrected chi connectivity index (χ0v) is 12.8. The molecule has 0 saturated carbocycles. The van der Waals surface area contributed by atoms with Gasteiger partial charge >= 0.3 is 11.4 Å². The highest BCUT2D eigenvalue weighted by Crippen LogP contribution is 2.14. The lowest BCUT2D eigenvalue weighted by molar-refractivity contribution is -0.236. The maximum atomic E-state index is 11.3. The lowest BCUT2D eigenvalue weighted by Crippen LogP contribution is -2.39. The van der Waals surface area contributed by atoms with Crippen molar-refractivity contribution in [2.45, 2.75) is 19.6 Å². The molecule has 0 saturated heterocycles. The van der Waals surface area contributed by atoms with Gasteiger partial charge in [0.25, 0.3) is 0 Å². The van der Waals surface area contributed by atoms with Gasteiger partial charge in [0, 0.05) is 0 Å². The Hall–Kier alpha value is -1.39. The van der Waals surface area contributed by atoms with E-state index in [0.717, 1.165) is 0 Å². The van der Waals surface area contributed by atoms with Gasteiger partial charge in [0.05, 0.1) is 19.8 Å². The van der Waals surface area contributed by atoms with Crippen LogP contribution >= 0.6 is 0 Å². The average molecular weight is 324 g/mol. The third-order valence-electron chi connectivity index (χ3n) is 1.97. The van der Waals surface area contributed by atoms with Gasteiger partial charge in [0.1, 0.15) is 41.0 Å². The molecular weight excluding hydrogens is 304 g/mol. The molecule has 0 aliphatic heterocycles. The van der Waals surface area contributed by atoms with E-state index >= 15 is 0 Å². The topological polar surface area (TPSA) is 155 Å². The van der Waals surface area contributed by atoms with Crippen molar-refractivity contribution in [3.8, 4) is 0 Å².